The fourth-order valence-electron chi connectivity index (χ4n) is 2.18. The number of benzene rings is 2. The number of nitrogen functional groups attached to an aromatic ring is 1. The topological polar surface area (TPSA) is 81.0 Å². The summed E-state index contributed by atoms with van der Waals surface area (Å²) < 4.78 is 5.60. The van der Waals surface area contributed by atoms with Crippen LogP contribution in [-0.4, -0.2) is 9.97 Å². The van der Waals surface area contributed by atoms with E-state index in [0.717, 1.165) is 5.56 Å². The summed E-state index contributed by atoms with van der Waals surface area (Å²) in [5, 5.41) is 0.586. The monoisotopic (exact) mass is 281 g/mol. The van der Waals surface area contributed by atoms with Crippen molar-refractivity contribution < 1.29 is 4.74 Å². The van der Waals surface area contributed by atoms with E-state index in [1.807, 2.05) is 25.1 Å². The zero-order chi connectivity index (χ0) is 14.8. The fraction of sp³-hybridized carbons (Fsp3) is 0.125. The van der Waals surface area contributed by atoms with E-state index >= 15 is 0 Å². The maximum atomic E-state index is 12.0. The number of hydrogen-bond acceptors (Lipinski definition) is 4. The molecule has 0 unspecified atom stereocenters. The molecule has 3 rings (SSSR count). The molecule has 3 aromatic rings. The van der Waals surface area contributed by atoms with E-state index in [-0.39, 0.29) is 12.2 Å². The first kappa shape index (κ1) is 13.2. The van der Waals surface area contributed by atoms with Crippen LogP contribution in [0, 0.1) is 6.92 Å². The Hall–Kier alpha value is -2.82. The number of para-hydroxylation sites is 1. The molecule has 0 atom stereocenters. The van der Waals surface area contributed by atoms with Crippen molar-refractivity contribution in [3.63, 3.8) is 0 Å². The number of fused-ring (bicyclic) bond motifs is 1. The Morgan fingerprint density at radius 3 is 2.86 bits per heavy atom. The molecular formula is C16H15N3O2. The Bertz CT molecular complexity index is 856. The number of aryl methyl sites for hydroxylation is 1. The Balaban J connectivity index is 1.91. The molecule has 106 valence electrons. The van der Waals surface area contributed by atoms with Crippen molar-refractivity contribution in [1.29, 1.82) is 0 Å². The van der Waals surface area contributed by atoms with Gasteiger partial charge in [-0.1, -0.05) is 18.2 Å². The maximum absolute atomic E-state index is 12.0. The molecule has 1 aromatic heterocycles. The largest absolute Gasteiger partial charge is 0.486 e. The lowest BCUT2D eigenvalue weighted by Crippen LogP contribution is -2.14. The first-order valence-electron chi connectivity index (χ1n) is 6.60. The number of nitrogens with two attached hydrogens (primary N) is 1. The number of hydrogen-bond donors (Lipinski definition) is 2. The summed E-state index contributed by atoms with van der Waals surface area (Å²) in [6.45, 7) is 2.11. The van der Waals surface area contributed by atoms with Crippen LogP contribution in [0.3, 0.4) is 0 Å². The highest BCUT2D eigenvalue weighted by Gasteiger charge is 2.06. The van der Waals surface area contributed by atoms with Crippen molar-refractivity contribution in [2.75, 3.05) is 5.73 Å². The lowest BCUT2D eigenvalue weighted by molar-refractivity contribution is 0.296. The van der Waals surface area contributed by atoms with Gasteiger partial charge in [-0.2, -0.15) is 0 Å². The average Bonchev–Trinajstić information content (AvgIpc) is 2.46. The quantitative estimate of drug-likeness (QED) is 0.722. The van der Waals surface area contributed by atoms with Crippen molar-refractivity contribution in [2.45, 2.75) is 13.5 Å². The molecule has 0 saturated heterocycles. The van der Waals surface area contributed by atoms with Gasteiger partial charge in [-0.25, -0.2) is 4.98 Å². The summed E-state index contributed by atoms with van der Waals surface area (Å²) in [6.07, 6.45) is 0. The molecule has 0 spiro atoms. The summed E-state index contributed by atoms with van der Waals surface area (Å²) in [4.78, 5) is 19.2. The van der Waals surface area contributed by atoms with Crippen LogP contribution in [0.2, 0.25) is 0 Å². The normalized spacial score (nSPS) is 10.7. The standard InChI is InChI=1S/C16H15N3O2/c1-10-4-2-7-13-15(10)18-14(19-16(13)20)9-21-12-6-3-5-11(17)8-12/h2-8H,9,17H2,1H3,(H,18,19,20). The molecule has 3 N–H and O–H groups in total. The second-order valence-corrected chi connectivity index (χ2v) is 4.84. The number of anilines is 1. The van der Waals surface area contributed by atoms with Gasteiger partial charge in [0.05, 0.1) is 10.9 Å². The molecule has 5 nitrogen and oxygen atoms in total. The van der Waals surface area contributed by atoms with E-state index in [4.69, 9.17) is 10.5 Å². The second-order valence-electron chi connectivity index (χ2n) is 4.84. The van der Waals surface area contributed by atoms with Gasteiger partial charge < -0.3 is 15.5 Å². The predicted octanol–water partition coefficient (Wildman–Crippen LogP) is 2.39. The Labute approximate surface area is 121 Å². The first-order chi connectivity index (χ1) is 10.1. The zero-order valence-corrected chi connectivity index (χ0v) is 11.6. The third-order valence-electron chi connectivity index (χ3n) is 3.22. The van der Waals surface area contributed by atoms with Gasteiger partial charge >= 0.3 is 0 Å². The van der Waals surface area contributed by atoms with Crippen LogP contribution in [0.5, 0.6) is 5.75 Å². The molecule has 0 radical (unpaired) electrons. The zero-order valence-electron chi connectivity index (χ0n) is 11.6. The van der Waals surface area contributed by atoms with E-state index in [9.17, 15) is 4.79 Å². The van der Waals surface area contributed by atoms with Gasteiger partial charge in [0.2, 0.25) is 0 Å². The number of nitrogens with one attached hydrogen (secondary N) is 1. The van der Waals surface area contributed by atoms with Crippen molar-refractivity contribution in [1.82, 2.24) is 9.97 Å². The minimum Gasteiger partial charge on any atom is -0.486 e. The van der Waals surface area contributed by atoms with Crippen molar-refractivity contribution in [3.05, 3.63) is 64.2 Å². The van der Waals surface area contributed by atoms with Gasteiger partial charge in [0.15, 0.2) is 0 Å². The smallest absolute Gasteiger partial charge is 0.258 e. The van der Waals surface area contributed by atoms with Gasteiger partial charge in [0.1, 0.15) is 18.2 Å². The van der Waals surface area contributed by atoms with E-state index in [0.29, 0.717) is 28.2 Å². The third-order valence-corrected chi connectivity index (χ3v) is 3.22. The first-order valence-corrected chi connectivity index (χ1v) is 6.60. The lowest BCUT2D eigenvalue weighted by atomic mass is 10.1. The molecule has 0 aliphatic carbocycles. The Morgan fingerprint density at radius 1 is 1.24 bits per heavy atom. The summed E-state index contributed by atoms with van der Waals surface area (Å²) in [7, 11) is 0. The van der Waals surface area contributed by atoms with Gasteiger partial charge in [0.25, 0.3) is 5.56 Å². The summed E-state index contributed by atoms with van der Waals surface area (Å²) in [5.74, 6) is 1.13. The number of nitrogens with zero attached hydrogens (tertiary/aromatic N) is 1. The van der Waals surface area contributed by atoms with E-state index in [2.05, 4.69) is 9.97 Å². The maximum Gasteiger partial charge on any atom is 0.258 e. The van der Waals surface area contributed by atoms with E-state index < -0.39 is 0 Å². The Morgan fingerprint density at radius 2 is 2.05 bits per heavy atom. The van der Waals surface area contributed by atoms with Crippen LogP contribution < -0.4 is 16.0 Å². The molecule has 1 heterocycles. The van der Waals surface area contributed by atoms with Crippen LogP contribution in [-0.2, 0) is 6.61 Å². The van der Waals surface area contributed by atoms with Gasteiger partial charge in [0, 0.05) is 11.8 Å². The highest BCUT2D eigenvalue weighted by molar-refractivity contribution is 5.80. The molecule has 5 heteroatoms. The second kappa shape index (κ2) is 5.28. The van der Waals surface area contributed by atoms with Gasteiger partial charge in [-0.05, 0) is 30.7 Å². The molecule has 21 heavy (non-hydrogen) atoms. The van der Waals surface area contributed by atoms with E-state index in [1.54, 1.807) is 24.3 Å². The van der Waals surface area contributed by atoms with Crippen LogP contribution in [0.4, 0.5) is 5.69 Å². The lowest BCUT2D eigenvalue weighted by Gasteiger charge is -2.08. The fourth-order valence-corrected chi connectivity index (χ4v) is 2.18. The number of H-pyrrole nitrogens is 1. The minimum absolute atomic E-state index is 0.158. The van der Waals surface area contributed by atoms with Crippen LogP contribution >= 0.6 is 0 Å². The minimum atomic E-state index is -0.158. The molecular weight excluding hydrogens is 266 g/mol. The predicted molar refractivity (Wildman–Crippen MR) is 82.3 cm³/mol. The molecule has 0 fully saturated rings. The average molecular weight is 281 g/mol. The van der Waals surface area contributed by atoms with Crippen LogP contribution in [0.1, 0.15) is 11.4 Å². The molecule has 2 aromatic carbocycles. The summed E-state index contributed by atoms with van der Waals surface area (Å²) in [5.41, 5.74) is 7.83. The van der Waals surface area contributed by atoms with Crippen molar-refractivity contribution >= 4 is 16.6 Å². The highest BCUT2D eigenvalue weighted by atomic mass is 16.5. The van der Waals surface area contributed by atoms with Gasteiger partial charge in [-0.15, -0.1) is 0 Å². The SMILES string of the molecule is Cc1cccc2c(=O)[nH]c(COc3cccc(N)c3)nc12. The van der Waals surface area contributed by atoms with Crippen molar-refractivity contribution in [3.8, 4) is 5.75 Å². The van der Waals surface area contributed by atoms with Crippen molar-refractivity contribution in [2.24, 2.45) is 0 Å². The molecule has 0 aliphatic rings. The summed E-state index contributed by atoms with van der Waals surface area (Å²) in [6, 6.07) is 12.7. The molecule has 0 bridgehead atoms. The molecule has 0 saturated carbocycles. The molecule has 0 aliphatic heterocycles. The highest BCUT2D eigenvalue weighted by Crippen LogP contribution is 2.16. The number of aromatic amines is 1. The third kappa shape index (κ3) is 2.72. The van der Waals surface area contributed by atoms with Crippen LogP contribution in [0.25, 0.3) is 10.9 Å². The number of ether oxygens (including phenoxy) is 1. The Kier molecular flexibility index (Phi) is 3.31. The summed E-state index contributed by atoms with van der Waals surface area (Å²) >= 11 is 0. The molecule has 0 amide bonds. The van der Waals surface area contributed by atoms with Crippen LogP contribution in [0.15, 0.2) is 47.3 Å². The van der Waals surface area contributed by atoms with E-state index in [1.165, 1.54) is 0 Å². The number of rotatable bonds is 3. The number of aromatic nitrogens is 2. The van der Waals surface area contributed by atoms with Gasteiger partial charge in [-0.3, -0.25) is 4.79 Å².